The van der Waals surface area contributed by atoms with E-state index in [0.29, 0.717) is 10.6 Å². The highest BCUT2D eigenvalue weighted by Crippen LogP contribution is 2.42. The highest BCUT2D eigenvalue weighted by molar-refractivity contribution is 9.10. The fourth-order valence-corrected chi connectivity index (χ4v) is 2.93. The SMILES string of the molecule is COc1ccc(Cc2nc(=S)c(Br)c(C3CC3)[nH]2)cc1. The van der Waals surface area contributed by atoms with Crippen molar-refractivity contribution in [1.29, 1.82) is 0 Å². The summed E-state index contributed by atoms with van der Waals surface area (Å²) in [5, 5.41) is 0. The van der Waals surface area contributed by atoms with E-state index in [0.717, 1.165) is 22.5 Å². The molecule has 0 aliphatic heterocycles. The second kappa shape index (κ2) is 5.66. The summed E-state index contributed by atoms with van der Waals surface area (Å²) in [7, 11) is 1.67. The lowest BCUT2D eigenvalue weighted by Gasteiger charge is -2.08. The largest absolute Gasteiger partial charge is 0.497 e. The molecule has 1 aliphatic rings. The van der Waals surface area contributed by atoms with Crippen LogP contribution in [-0.4, -0.2) is 17.1 Å². The summed E-state index contributed by atoms with van der Waals surface area (Å²) in [6, 6.07) is 8.03. The van der Waals surface area contributed by atoms with Gasteiger partial charge in [0.25, 0.3) is 0 Å². The number of halogens is 1. The lowest BCUT2D eigenvalue weighted by atomic mass is 10.1. The minimum absolute atomic E-state index is 0.615. The van der Waals surface area contributed by atoms with Crippen molar-refractivity contribution in [2.45, 2.75) is 25.2 Å². The van der Waals surface area contributed by atoms with Crippen LogP contribution in [0.25, 0.3) is 0 Å². The molecule has 0 radical (unpaired) electrons. The third kappa shape index (κ3) is 2.94. The molecule has 0 saturated heterocycles. The van der Waals surface area contributed by atoms with Crippen molar-refractivity contribution in [3.05, 3.63) is 50.5 Å². The Morgan fingerprint density at radius 2 is 2.05 bits per heavy atom. The number of hydrogen-bond donors (Lipinski definition) is 1. The minimum atomic E-state index is 0.615. The molecule has 0 bridgehead atoms. The van der Waals surface area contributed by atoms with Gasteiger partial charge in [-0.05, 0) is 46.5 Å². The quantitative estimate of drug-likeness (QED) is 0.831. The van der Waals surface area contributed by atoms with Gasteiger partial charge < -0.3 is 9.72 Å². The maximum Gasteiger partial charge on any atom is 0.144 e. The lowest BCUT2D eigenvalue weighted by molar-refractivity contribution is 0.414. The first-order chi connectivity index (χ1) is 9.67. The molecular formula is C15H15BrN2OS. The number of benzene rings is 1. The number of ether oxygens (including phenoxy) is 1. The zero-order chi connectivity index (χ0) is 14.1. The summed E-state index contributed by atoms with van der Waals surface area (Å²) in [5.74, 6) is 2.40. The van der Waals surface area contributed by atoms with Crippen molar-refractivity contribution >= 4 is 28.1 Å². The van der Waals surface area contributed by atoms with Gasteiger partial charge in [0.2, 0.25) is 0 Å². The van der Waals surface area contributed by atoms with Gasteiger partial charge in [-0.25, -0.2) is 4.98 Å². The molecule has 0 atom stereocenters. The summed E-state index contributed by atoms with van der Waals surface area (Å²) < 4.78 is 6.77. The Balaban J connectivity index is 1.88. The average molecular weight is 351 g/mol. The molecule has 1 heterocycles. The molecular weight excluding hydrogens is 336 g/mol. The molecule has 1 N–H and O–H groups in total. The van der Waals surface area contributed by atoms with Crippen molar-refractivity contribution in [1.82, 2.24) is 9.97 Å². The van der Waals surface area contributed by atoms with Gasteiger partial charge in [0.1, 0.15) is 16.2 Å². The molecule has 20 heavy (non-hydrogen) atoms. The van der Waals surface area contributed by atoms with Crippen LogP contribution in [0.15, 0.2) is 28.7 Å². The summed E-state index contributed by atoms with van der Waals surface area (Å²) >= 11 is 8.88. The van der Waals surface area contributed by atoms with Crippen molar-refractivity contribution in [3.8, 4) is 5.75 Å². The summed E-state index contributed by atoms with van der Waals surface area (Å²) in [5.41, 5.74) is 2.39. The van der Waals surface area contributed by atoms with E-state index in [-0.39, 0.29) is 0 Å². The molecule has 104 valence electrons. The second-order valence-corrected chi connectivity index (χ2v) is 6.20. The maximum absolute atomic E-state index is 5.33. The molecule has 5 heteroatoms. The Bertz CT molecular complexity index is 677. The standard InChI is InChI=1S/C15H15BrN2OS/c1-19-11-6-2-9(3-7-11)8-12-17-14(10-4-5-10)13(16)15(20)18-12/h2-3,6-7,10H,4-5,8H2,1H3,(H,17,18,20). The Labute approximate surface area is 131 Å². The topological polar surface area (TPSA) is 37.9 Å². The van der Waals surface area contributed by atoms with Crippen LogP contribution in [-0.2, 0) is 6.42 Å². The summed E-state index contributed by atoms with van der Waals surface area (Å²) in [6.07, 6.45) is 3.21. The smallest absolute Gasteiger partial charge is 0.144 e. The zero-order valence-electron chi connectivity index (χ0n) is 11.1. The van der Waals surface area contributed by atoms with Crippen LogP contribution in [0.1, 0.15) is 35.8 Å². The van der Waals surface area contributed by atoms with Gasteiger partial charge in [-0.1, -0.05) is 24.4 Å². The van der Waals surface area contributed by atoms with Gasteiger partial charge in [-0.3, -0.25) is 0 Å². The van der Waals surface area contributed by atoms with E-state index in [2.05, 4.69) is 38.0 Å². The summed E-state index contributed by atoms with van der Waals surface area (Å²) in [6.45, 7) is 0. The first-order valence-electron chi connectivity index (χ1n) is 6.59. The first kappa shape index (κ1) is 13.8. The van der Waals surface area contributed by atoms with Gasteiger partial charge in [0.05, 0.1) is 11.6 Å². The number of H-pyrrole nitrogens is 1. The van der Waals surface area contributed by atoms with Gasteiger partial charge >= 0.3 is 0 Å². The number of methoxy groups -OCH3 is 1. The Hall–Kier alpha value is -1.20. The fourth-order valence-electron chi connectivity index (χ4n) is 2.20. The number of aromatic nitrogens is 2. The number of nitrogens with zero attached hydrogens (tertiary/aromatic N) is 1. The van der Waals surface area contributed by atoms with E-state index in [1.54, 1.807) is 7.11 Å². The average Bonchev–Trinajstić information content (AvgIpc) is 3.28. The van der Waals surface area contributed by atoms with Gasteiger partial charge in [-0.2, -0.15) is 0 Å². The van der Waals surface area contributed by atoms with Crippen LogP contribution in [0, 0.1) is 4.64 Å². The number of aromatic amines is 1. The number of nitrogens with one attached hydrogen (secondary N) is 1. The van der Waals surface area contributed by atoms with E-state index in [1.807, 2.05) is 12.1 Å². The minimum Gasteiger partial charge on any atom is -0.497 e. The highest BCUT2D eigenvalue weighted by Gasteiger charge is 2.27. The second-order valence-electron chi connectivity index (χ2n) is 5.02. The van der Waals surface area contributed by atoms with Crippen LogP contribution < -0.4 is 4.74 Å². The van der Waals surface area contributed by atoms with Gasteiger partial charge in [0, 0.05) is 18.0 Å². The Kier molecular flexibility index (Phi) is 3.89. The van der Waals surface area contributed by atoms with Gasteiger partial charge in [-0.15, -0.1) is 0 Å². The molecule has 3 nitrogen and oxygen atoms in total. The molecule has 1 aromatic carbocycles. The van der Waals surface area contributed by atoms with Crippen LogP contribution in [0.2, 0.25) is 0 Å². The molecule has 1 aromatic heterocycles. The lowest BCUT2D eigenvalue weighted by Crippen LogP contribution is -2.02. The van der Waals surface area contributed by atoms with Crippen LogP contribution in [0.3, 0.4) is 0 Å². The fraction of sp³-hybridized carbons (Fsp3) is 0.333. The molecule has 1 saturated carbocycles. The van der Waals surface area contributed by atoms with Crippen LogP contribution >= 0.6 is 28.1 Å². The van der Waals surface area contributed by atoms with E-state index in [4.69, 9.17) is 17.0 Å². The molecule has 1 fully saturated rings. The third-order valence-electron chi connectivity index (χ3n) is 3.46. The summed E-state index contributed by atoms with van der Waals surface area (Å²) in [4.78, 5) is 7.90. The number of rotatable bonds is 4. The molecule has 0 amide bonds. The first-order valence-corrected chi connectivity index (χ1v) is 7.79. The Morgan fingerprint density at radius 1 is 1.35 bits per heavy atom. The van der Waals surface area contributed by atoms with E-state index in [9.17, 15) is 0 Å². The Morgan fingerprint density at radius 3 is 2.65 bits per heavy atom. The van der Waals surface area contributed by atoms with E-state index < -0.39 is 0 Å². The van der Waals surface area contributed by atoms with Crippen molar-refractivity contribution in [2.24, 2.45) is 0 Å². The van der Waals surface area contributed by atoms with Crippen molar-refractivity contribution < 1.29 is 4.74 Å². The van der Waals surface area contributed by atoms with E-state index >= 15 is 0 Å². The predicted molar refractivity (Wildman–Crippen MR) is 84.9 cm³/mol. The van der Waals surface area contributed by atoms with Crippen molar-refractivity contribution in [3.63, 3.8) is 0 Å². The third-order valence-corrected chi connectivity index (χ3v) is 4.82. The zero-order valence-corrected chi connectivity index (χ0v) is 13.6. The molecule has 0 unspecified atom stereocenters. The highest BCUT2D eigenvalue weighted by atomic mass is 79.9. The van der Waals surface area contributed by atoms with E-state index in [1.165, 1.54) is 24.1 Å². The molecule has 3 rings (SSSR count). The number of hydrogen-bond acceptors (Lipinski definition) is 3. The monoisotopic (exact) mass is 350 g/mol. The molecule has 1 aliphatic carbocycles. The maximum atomic E-state index is 5.33. The molecule has 2 aromatic rings. The predicted octanol–water partition coefficient (Wildman–Crippen LogP) is 4.38. The van der Waals surface area contributed by atoms with Crippen molar-refractivity contribution in [2.75, 3.05) is 7.11 Å². The van der Waals surface area contributed by atoms with Crippen LogP contribution in [0.4, 0.5) is 0 Å². The normalized spacial score (nSPS) is 14.3. The van der Waals surface area contributed by atoms with Crippen LogP contribution in [0.5, 0.6) is 5.75 Å². The molecule has 0 spiro atoms. The van der Waals surface area contributed by atoms with Gasteiger partial charge in [0.15, 0.2) is 0 Å².